The molecule has 0 aliphatic rings. The quantitative estimate of drug-likeness (QED) is 0.584. The third-order valence-corrected chi connectivity index (χ3v) is 4.03. The molecular formula is C20H15ClF2N4O. The first-order valence-corrected chi connectivity index (χ1v) is 8.75. The van der Waals surface area contributed by atoms with Crippen LogP contribution in [0.2, 0.25) is 5.02 Å². The van der Waals surface area contributed by atoms with Crippen LogP contribution in [0.15, 0.2) is 48.9 Å². The number of pyridine rings is 1. The van der Waals surface area contributed by atoms with E-state index in [9.17, 15) is 8.78 Å². The van der Waals surface area contributed by atoms with E-state index in [0.717, 1.165) is 11.1 Å². The minimum absolute atomic E-state index is 0.118. The van der Waals surface area contributed by atoms with Crippen LogP contribution in [0.25, 0.3) is 11.1 Å². The highest BCUT2D eigenvalue weighted by molar-refractivity contribution is 6.30. The Morgan fingerprint density at radius 1 is 1.07 bits per heavy atom. The SMILES string of the molecule is N#CCc1ncc(Cc2cnc(OCC(F)F)c(-c3cccc(Cl)c3)c2)cn1. The van der Waals surface area contributed by atoms with E-state index in [1.807, 2.05) is 18.2 Å². The molecular weight excluding hydrogens is 386 g/mol. The van der Waals surface area contributed by atoms with Crippen LogP contribution in [0.4, 0.5) is 8.78 Å². The van der Waals surface area contributed by atoms with Gasteiger partial charge in [0.15, 0.2) is 6.61 Å². The molecule has 0 unspecified atom stereocenters. The van der Waals surface area contributed by atoms with Crippen molar-refractivity contribution >= 4 is 11.6 Å². The summed E-state index contributed by atoms with van der Waals surface area (Å²) in [7, 11) is 0. The predicted octanol–water partition coefficient (Wildman–Crippen LogP) is 4.49. The lowest BCUT2D eigenvalue weighted by Crippen LogP contribution is -2.09. The molecule has 0 fully saturated rings. The Morgan fingerprint density at radius 2 is 1.82 bits per heavy atom. The summed E-state index contributed by atoms with van der Waals surface area (Å²) in [5.74, 6) is 0.576. The van der Waals surface area contributed by atoms with Gasteiger partial charge in [-0.1, -0.05) is 23.7 Å². The van der Waals surface area contributed by atoms with Crippen molar-refractivity contribution in [2.45, 2.75) is 19.3 Å². The molecule has 2 heterocycles. The zero-order valence-corrected chi connectivity index (χ0v) is 15.4. The fourth-order valence-corrected chi connectivity index (χ4v) is 2.77. The molecule has 142 valence electrons. The highest BCUT2D eigenvalue weighted by Gasteiger charge is 2.13. The predicted molar refractivity (Wildman–Crippen MR) is 100 cm³/mol. The van der Waals surface area contributed by atoms with Crippen LogP contribution in [0.3, 0.4) is 0 Å². The van der Waals surface area contributed by atoms with Gasteiger partial charge in [-0.2, -0.15) is 5.26 Å². The lowest BCUT2D eigenvalue weighted by atomic mass is 10.0. The van der Waals surface area contributed by atoms with Crippen LogP contribution in [0.1, 0.15) is 17.0 Å². The molecule has 0 atom stereocenters. The largest absolute Gasteiger partial charge is 0.471 e. The second kappa shape index (κ2) is 9.20. The zero-order chi connectivity index (χ0) is 19.9. The highest BCUT2D eigenvalue weighted by atomic mass is 35.5. The third-order valence-electron chi connectivity index (χ3n) is 3.79. The molecule has 0 N–H and O–H groups in total. The number of nitriles is 1. The summed E-state index contributed by atoms with van der Waals surface area (Å²) in [5, 5.41) is 9.20. The summed E-state index contributed by atoms with van der Waals surface area (Å²) < 4.78 is 30.3. The van der Waals surface area contributed by atoms with E-state index in [-0.39, 0.29) is 12.3 Å². The summed E-state index contributed by atoms with van der Waals surface area (Å²) in [6, 6.07) is 10.8. The molecule has 0 spiro atoms. The molecule has 1 aromatic carbocycles. The fourth-order valence-electron chi connectivity index (χ4n) is 2.58. The standard InChI is InChI=1S/C20H15ClF2N4O/c21-16-3-1-2-15(8-16)17-7-13(9-27-20(17)28-12-18(22)23)6-14-10-25-19(4-5-24)26-11-14/h1-3,7-11,18H,4,6,12H2. The lowest BCUT2D eigenvalue weighted by Gasteiger charge is -2.12. The number of alkyl halides is 2. The molecule has 0 amide bonds. The Labute approximate surface area is 165 Å². The molecule has 0 aliphatic heterocycles. The average molecular weight is 401 g/mol. The number of hydrogen-bond donors (Lipinski definition) is 0. The fraction of sp³-hybridized carbons (Fsp3) is 0.200. The van der Waals surface area contributed by atoms with Crippen LogP contribution in [-0.4, -0.2) is 28.0 Å². The van der Waals surface area contributed by atoms with Gasteiger partial charge >= 0.3 is 0 Å². The molecule has 0 aliphatic carbocycles. The van der Waals surface area contributed by atoms with Crippen LogP contribution < -0.4 is 4.74 Å². The van der Waals surface area contributed by atoms with Gasteiger partial charge < -0.3 is 4.74 Å². The van der Waals surface area contributed by atoms with Gasteiger partial charge in [-0.3, -0.25) is 0 Å². The number of hydrogen-bond acceptors (Lipinski definition) is 5. The molecule has 5 nitrogen and oxygen atoms in total. The molecule has 8 heteroatoms. The number of nitrogens with zero attached hydrogens (tertiary/aromatic N) is 4. The average Bonchev–Trinajstić information content (AvgIpc) is 2.68. The number of halogens is 3. The van der Waals surface area contributed by atoms with Gasteiger partial charge in [0.05, 0.1) is 12.5 Å². The molecule has 28 heavy (non-hydrogen) atoms. The van der Waals surface area contributed by atoms with Crippen molar-refractivity contribution in [2.24, 2.45) is 0 Å². The normalized spacial score (nSPS) is 10.7. The van der Waals surface area contributed by atoms with Crippen LogP contribution in [0, 0.1) is 11.3 Å². The first kappa shape index (κ1) is 19.6. The second-order valence-electron chi connectivity index (χ2n) is 5.93. The zero-order valence-electron chi connectivity index (χ0n) is 14.6. The molecule has 0 saturated carbocycles. The molecule has 0 saturated heterocycles. The van der Waals surface area contributed by atoms with E-state index in [1.54, 1.807) is 36.8 Å². The molecule has 3 aromatic rings. The van der Waals surface area contributed by atoms with Crippen LogP contribution in [-0.2, 0) is 12.8 Å². The second-order valence-corrected chi connectivity index (χ2v) is 6.36. The Hall–Kier alpha value is -3.11. The van der Waals surface area contributed by atoms with Gasteiger partial charge in [-0.15, -0.1) is 0 Å². The van der Waals surface area contributed by atoms with E-state index < -0.39 is 13.0 Å². The summed E-state index contributed by atoms with van der Waals surface area (Å²) >= 11 is 6.06. The van der Waals surface area contributed by atoms with Gasteiger partial charge in [-0.05, 0) is 34.9 Å². The first-order chi connectivity index (χ1) is 13.5. The lowest BCUT2D eigenvalue weighted by molar-refractivity contribution is 0.0799. The summed E-state index contributed by atoms with van der Waals surface area (Å²) in [5.41, 5.74) is 2.95. The number of rotatable bonds is 7. The number of benzene rings is 1. The number of aromatic nitrogens is 3. The van der Waals surface area contributed by atoms with Crippen molar-refractivity contribution in [3.8, 4) is 23.1 Å². The molecule has 0 bridgehead atoms. The van der Waals surface area contributed by atoms with Crippen molar-refractivity contribution < 1.29 is 13.5 Å². The van der Waals surface area contributed by atoms with E-state index in [4.69, 9.17) is 21.6 Å². The maximum atomic E-state index is 12.6. The minimum atomic E-state index is -2.60. The third kappa shape index (κ3) is 5.21. The van der Waals surface area contributed by atoms with Crippen molar-refractivity contribution in [3.05, 3.63) is 70.9 Å². The van der Waals surface area contributed by atoms with E-state index in [2.05, 4.69) is 15.0 Å². The maximum absolute atomic E-state index is 12.6. The maximum Gasteiger partial charge on any atom is 0.272 e. The summed E-state index contributed by atoms with van der Waals surface area (Å²) in [4.78, 5) is 12.5. The topological polar surface area (TPSA) is 71.7 Å². The van der Waals surface area contributed by atoms with Crippen molar-refractivity contribution in [3.63, 3.8) is 0 Å². The van der Waals surface area contributed by atoms with Gasteiger partial charge in [0, 0.05) is 35.6 Å². The smallest absolute Gasteiger partial charge is 0.272 e. The van der Waals surface area contributed by atoms with Crippen molar-refractivity contribution in [2.75, 3.05) is 6.61 Å². The van der Waals surface area contributed by atoms with Gasteiger partial charge in [0.2, 0.25) is 5.88 Å². The molecule has 2 aromatic heterocycles. The molecule has 0 radical (unpaired) electrons. The van der Waals surface area contributed by atoms with E-state index >= 15 is 0 Å². The van der Waals surface area contributed by atoms with Gasteiger partial charge in [-0.25, -0.2) is 23.7 Å². The van der Waals surface area contributed by atoms with E-state index in [0.29, 0.717) is 28.4 Å². The monoisotopic (exact) mass is 400 g/mol. The van der Waals surface area contributed by atoms with Crippen molar-refractivity contribution in [1.82, 2.24) is 15.0 Å². The summed E-state index contributed by atoms with van der Waals surface area (Å²) in [6.07, 6.45) is 2.91. The Bertz CT molecular complexity index is 990. The van der Waals surface area contributed by atoms with Crippen LogP contribution in [0.5, 0.6) is 5.88 Å². The highest BCUT2D eigenvalue weighted by Crippen LogP contribution is 2.31. The Morgan fingerprint density at radius 3 is 2.50 bits per heavy atom. The number of ether oxygens (including phenoxy) is 1. The van der Waals surface area contributed by atoms with Gasteiger partial charge in [0.1, 0.15) is 5.82 Å². The van der Waals surface area contributed by atoms with E-state index in [1.165, 1.54) is 0 Å². The Balaban J connectivity index is 1.90. The van der Waals surface area contributed by atoms with Crippen LogP contribution >= 0.6 is 11.6 Å². The summed E-state index contributed by atoms with van der Waals surface area (Å²) in [6.45, 7) is -0.742. The van der Waals surface area contributed by atoms with Crippen molar-refractivity contribution in [1.29, 1.82) is 5.26 Å². The minimum Gasteiger partial charge on any atom is -0.471 e. The molecule has 3 rings (SSSR count). The first-order valence-electron chi connectivity index (χ1n) is 8.37. The van der Waals surface area contributed by atoms with Gasteiger partial charge in [0.25, 0.3) is 6.43 Å². The Kier molecular flexibility index (Phi) is 6.45.